The van der Waals surface area contributed by atoms with Gasteiger partial charge in [0.2, 0.25) is 0 Å². The first-order valence-corrected chi connectivity index (χ1v) is 5.53. The standard InChI is InChI=1S/C12H22O4/c1-5-10(15)7-12(8-13,6-9(2)14)11(3,4)16/h13,16H,5-8H2,1-4H3. The Kier molecular flexibility index (Phi) is 5.29. The van der Waals surface area contributed by atoms with Gasteiger partial charge in [0, 0.05) is 24.7 Å². The molecule has 0 aromatic rings. The predicted octanol–water partition coefficient (Wildman–Crippen LogP) is 1.08. The zero-order valence-electron chi connectivity index (χ0n) is 10.5. The third-order valence-corrected chi connectivity index (χ3v) is 3.12. The summed E-state index contributed by atoms with van der Waals surface area (Å²) in [4.78, 5) is 22.7. The minimum atomic E-state index is -1.27. The molecule has 2 N–H and O–H groups in total. The predicted molar refractivity (Wildman–Crippen MR) is 61.0 cm³/mol. The van der Waals surface area contributed by atoms with Crippen molar-refractivity contribution in [1.82, 2.24) is 0 Å². The molecule has 0 saturated carbocycles. The molecule has 0 spiro atoms. The Balaban J connectivity index is 5.12. The molecule has 0 amide bonds. The molecule has 0 aliphatic carbocycles. The summed E-state index contributed by atoms with van der Waals surface area (Å²) in [6, 6.07) is 0. The lowest BCUT2D eigenvalue weighted by Crippen LogP contribution is -2.48. The molecule has 0 heterocycles. The van der Waals surface area contributed by atoms with Gasteiger partial charge in [-0.1, -0.05) is 6.92 Å². The molecule has 0 aliphatic heterocycles. The van der Waals surface area contributed by atoms with Gasteiger partial charge in [-0.3, -0.25) is 4.79 Å². The SMILES string of the molecule is CCC(=O)CC(CO)(CC(C)=O)C(C)(C)O. The molecule has 0 bridgehead atoms. The fourth-order valence-electron chi connectivity index (χ4n) is 1.78. The van der Waals surface area contributed by atoms with Gasteiger partial charge in [-0.25, -0.2) is 0 Å². The van der Waals surface area contributed by atoms with Crippen molar-refractivity contribution >= 4 is 11.6 Å². The van der Waals surface area contributed by atoms with Gasteiger partial charge in [0.05, 0.1) is 12.2 Å². The Hall–Kier alpha value is -0.740. The van der Waals surface area contributed by atoms with E-state index >= 15 is 0 Å². The number of aliphatic hydroxyl groups excluding tert-OH is 1. The molecule has 4 nitrogen and oxygen atoms in total. The van der Waals surface area contributed by atoms with Crippen LogP contribution in [0.25, 0.3) is 0 Å². The Morgan fingerprint density at radius 1 is 1.19 bits per heavy atom. The van der Waals surface area contributed by atoms with Gasteiger partial charge in [-0.15, -0.1) is 0 Å². The number of carbonyl (C=O) groups is 2. The number of carbonyl (C=O) groups excluding carboxylic acids is 2. The average molecular weight is 230 g/mol. The third-order valence-electron chi connectivity index (χ3n) is 3.12. The second kappa shape index (κ2) is 5.55. The van der Waals surface area contributed by atoms with Crippen molar-refractivity contribution in [3.05, 3.63) is 0 Å². The van der Waals surface area contributed by atoms with Gasteiger partial charge < -0.3 is 15.0 Å². The van der Waals surface area contributed by atoms with Crippen molar-refractivity contribution < 1.29 is 19.8 Å². The summed E-state index contributed by atoms with van der Waals surface area (Å²) in [6.07, 6.45) is 0.386. The highest BCUT2D eigenvalue weighted by Gasteiger charge is 2.45. The summed E-state index contributed by atoms with van der Waals surface area (Å²) in [6.45, 7) is 5.79. The molecule has 16 heavy (non-hydrogen) atoms. The summed E-state index contributed by atoms with van der Waals surface area (Å²) in [7, 11) is 0. The zero-order chi connectivity index (χ0) is 13.0. The van der Waals surface area contributed by atoms with Crippen LogP contribution in [0.15, 0.2) is 0 Å². The zero-order valence-corrected chi connectivity index (χ0v) is 10.5. The second-order valence-electron chi connectivity index (χ2n) is 4.95. The summed E-state index contributed by atoms with van der Waals surface area (Å²) >= 11 is 0. The Bertz CT molecular complexity index is 265. The maximum Gasteiger partial charge on any atom is 0.133 e. The lowest BCUT2D eigenvalue weighted by Gasteiger charge is -2.41. The largest absolute Gasteiger partial charge is 0.396 e. The molecular formula is C12H22O4. The van der Waals surface area contributed by atoms with Crippen LogP contribution < -0.4 is 0 Å². The van der Waals surface area contributed by atoms with Gasteiger partial charge in [-0.2, -0.15) is 0 Å². The molecular weight excluding hydrogens is 208 g/mol. The minimum Gasteiger partial charge on any atom is -0.396 e. The topological polar surface area (TPSA) is 74.6 Å². The van der Waals surface area contributed by atoms with E-state index in [-0.39, 0.29) is 31.0 Å². The Labute approximate surface area is 96.7 Å². The number of hydrogen-bond donors (Lipinski definition) is 2. The Morgan fingerprint density at radius 3 is 1.94 bits per heavy atom. The van der Waals surface area contributed by atoms with Gasteiger partial charge >= 0.3 is 0 Å². The van der Waals surface area contributed by atoms with E-state index in [2.05, 4.69) is 0 Å². The molecule has 0 rings (SSSR count). The van der Waals surface area contributed by atoms with Gasteiger partial charge in [0.25, 0.3) is 0 Å². The molecule has 4 heteroatoms. The molecule has 0 radical (unpaired) electrons. The second-order valence-corrected chi connectivity index (χ2v) is 4.95. The van der Waals surface area contributed by atoms with E-state index in [0.29, 0.717) is 6.42 Å². The minimum absolute atomic E-state index is 0.0126. The number of hydrogen-bond acceptors (Lipinski definition) is 4. The van der Waals surface area contributed by atoms with Crippen molar-refractivity contribution in [2.75, 3.05) is 6.61 Å². The van der Waals surface area contributed by atoms with Crippen molar-refractivity contribution in [3.63, 3.8) is 0 Å². The summed E-state index contributed by atoms with van der Waals surface area (Å²) in [5.41, 5.74) is -2.33. The van der Waals surface area contributed by atoms with Crippen molar-refractivity contribution in [1.29, 1.82) is 0 Å². The van der Waals surface area contributed by atoms with Crippen LogP contribution in [0.1, 0.15) is 47.0 Å². The number of ketones is 2. The van der Waals surface area contributed by atoms with Crippen molar-refractivity contribution in [2.24, 2.45) is 5.41 Å². The van der Waals surface area contributed by atoms with Crippen LogP contribution in [0, 0.1) is 5.41 Å². The molecule has 0 aromatic heterocycles. The van der Waals surface area contributed by atoms with Crippen LogP contribution in [0.4, 0.5) is 0 Å². The van der Waals surface area contributed by atoms with E-state index < -0.39 is 11.0 Å². The van der Waals surface area contributed by atoms with Crippen LogP contribution >= 0.6 is 0 Å². The van der Waals surface area contributed by atoms with Crippen LogP contribution in [-0.4, -0.2) is 34.0 Å². The molecule has 1 atom stereocenters. The highest BCUT2D eigenvalue weighted by molar-refractivity contribution is 5.81. The first-order chi connectivity index (χ1) is 7.18. The third kappa shape index (κ3) is 3.68. The normalized spacial score (nSPS) is 15.6. The lowest BCUT2D eigenvalue weighted by atomic mass is 9.67. The van der Waals surface area contributed by atoms with E-state index in [9.17, 15) is 19.8 Å². The Morgan fingerprint density at radius 2 is 1.69 bits per heavy atom. The van der Waals surface area contributed by atoms with Gasteiger partial charge in [0.1, 0.15) is 11.6 Å². The monoisotopic (exact) mass is 230 g/mol. The van der Waals surface area contributed by atoms with E-state index in [1.807, 2.05) is 0 Å². The number of rotatable bonds is 7. The number of aliphatic hydroxyl groups is 2. The molecule has 0 aliphatic rings. The summed E-state index contributed by atoms with van der Waals surface area (Å²) < 4.78 is 0. The summed E-state index contributed by atoms with van der Waals surface area (Å²) in [5, 5.41) is 19.5. The molecule has 0 fully saturated rings. The van der Waals surface area contributed by atoms with Gasteiger partial charge in [-0.05, 0) is 20.8 Å². The maximum absolute atomic E-state index is 11.5. The van der Waals surface area contributed by atoms with E-state index in [4.69, 9.17) is 0 Å². The smallest absolute Gasteiger partial charge is 0.133 e. The van der Waals surface area contributed by atoms with E-state index in [1.54, 1.807) is 6.92 Å². The quantitative estimate of drug-likeness (QED) is 0.686. The van der Waals surface area contributed by atoms with Crippen LogP contribution in [0.3, 0.4) is 0 Å². The highest BCUT2D eigenvalue weighted by atomic mass is 16.3. The first-order valence-electron chi connectivity index (χ1n) is 5.53. The fraction of sp³-hybridized carbons (Fsp3) is 0.833. The molecule has 0 saturated heterocycles. The molecule has 1 unspecified atom stereocenters. The average Bonchev–Trinajstić information content (AvgIpc) is 2.13. The molecule has 94 valence electrons. The first kappa shape index (κ1) is 15.3. The van der Waals surface area contributed by atoms with Gasteiger partial charge in [0.15, 0.2) is 0 Å². The van der Waals surface area contributed by atoms with E-state index in [1.165, 1.54) is 20.8 Å². The van der Waals surface area contributed by atoms with Crippen molar-refractivity contribution in [3.8, 4) is 0 Å². The summed E-state index contributed by atoms with van der Waals surface area (Å²) in [5.74, 6) is -0.197. The van der Waals surface area contributed by atoms with E-state index in [0.717, 1.165) is 0 Å². The molecule has 0 aromatic carbocycles. The highest BCUT2D eigenvalue weighted by Crippen LogP contribution is 2.38. The van der Waals surface area contributed by atoms with Crippen molar-refractivity contribution in [2.45, 2.75) is 52.6 Å². The van der Waals surface area contributed by atoms with Crippen LogP contribution in [-0.2, 0) is 9.59 Å². The van der Waals surface area contributed by atoms with Crippen LogP contribution in [0.2, 0.25) is 0 Å². The lowest BCUT2D eigenvalue weighted by molar-refractivity contribution is -0.140. The fourth-order valence-corrected chi connectivity index (χ4v) is 1.78. The number of Topliss-reactive ketones (excluding diaryl/α,β-unsaturated/α-hetero) is 2. The van der Waals surface area contributed by atoms with Crippen LogP contribution in [0.5, 0.6) is 0 Å². The maximum atomic E-state index is 11.5.